The number of hydrogen-bond donors (Lipinski definition) is 0. The minimum atomic E-state index is -2.94. The second kappa shape index (κ2) is 6.50. The van der Waals surface area contributed by atoms with Crippen LogP contribution in [0.3, 0.4) is 0 Å². The summed E-state index contributed by atoms with van der Waals surface area (Å²) in [6.45, 7) is 4.32. The van der Waals surface area contributed by atoms with Gasteiger partial charge in [-0.15, -0.1) is 0 Å². The van der Waals surface area contributed by atoms with Gasteiger partial charge in [0, 0.05) is 26.0 Å². The van der Waals surface area contributed by atoms with Crippen LogP contribution in [0, 0.1) is 0 Å². The maximum absolute atomic E-state index is 4.99. The molecule has 0 saturated carbocycles. The number of rotatable bonds is 1. The minimum Gasteiger partial charge on any atom is -0.391 e. The summed E-state index contributed by atoms with van der Waals surface area (Å²) in [6.07, 6.45) is 4.20. The van der Waals surface area contributed by atoms with Crippen molar-refractivity contribution in [3.8, 4) is 0 Å². The fourth-order valence-corrected chi connectivity index (χ4v) is 0.794. The van der Waals surface area contributed by atoms with Crippen LogP contribution in [0.4, 0.5) is 0 Å². The first kappa shape index (κ1) is 14.0. The molecule has 0 amide bonds. The summed E-state index contributed by atoms with van der Waals surface area (Å²) in [6, 6.07) is 0. The van der Waals surface area contributed by atoms with Crippen LogP contribution in [0.15, 0.2) is 12.4 Å². The third-order valence-corrected chi connectivity index (χ3v) is 1.34. The van der Waals surface area contributed by atoms with E-state index < -0.39 is 9.39 Å². The van der Waals surface area contributed by atoms with Gasteiger partial charge >= 0.3 is 9.39 Å². The second-order valence-corrected chi connectivity index (χ2v) is 15.5. The monoisotopic (exact) mass is 279 g/mol. The zero-order chi connectivity index (χ0) is 10.5. The molecule has 0 saturated heterocycles. The van der Waals surface area contributed by atoms with Crippen LogP contribution < -0.4 is 0 Å². The highest BCUT2D eigenvalue weighted by Crippen LogP contribution is 2.23. The summed E-state index contributed by atoms with van der Waals surface area (Å²) in [4.78, 5) is 4.41. The maximum Gasteiger partial charge on any atom is 0.564 e. The zero-order valence-electron chi connectivity index (χ0n) is 7.55. The van der Waals surface area contributed by atoms with Crippen molar-refractivity contribution in [1.82, 2.24) is 9.80 Å². The van der Waals surface area contributed by atoms with Gasteiger partial charge in [0.1, 0.15) is 0 Å². The lowest BCUT2D eigenvalue weighted by Gasteiger charge is -2.14. The van der Waals surface area contributed by atoms with E-state index in [1.165, 1.54) is 0 Å². The van der Waals surface area contributed by atoms with Crippen molar-refractivity contribution in [2.75, 3.05) is 20.3 Å². The van der Waals surface area contributed by atoms with Gasteiger partial charge in [0.25, 0.3) is 0 Å². The summed E-state index contributed by atoms with van der Waals surface area (Å²) < 4.78 is 0. The van der Waals surface area contributed by atoms with Gasteiger partial charge in [-0.2, -0.15) is 0 Å². The summed E-state index contributed by atoms with van der Waals surface area (Å²) >= 11 is 0. The Morgan fingerprint density at radius 1 is 1.23 bits per heavy atom. The number of halogens is 4. The van der Waals surface area contributed by atoms with E-state index in [0.717, 1.165) is 13.2 Å². The summed E-state index contributed by atoms with van der Waals surface area (Å²) in [5.74, 6) is 0. The Labute approximate surface area is 98.5 Å². The van der Waals surface area contributed by atoms with Crippen molar-refractivity contribution in [3.05, 3.63) is 12.4 Å². The topological polar surface area (TPSA) is 6.48 Å². The van der Waals surface area contributed by atoms with Crippen LogP contribution in [0.2, 0.25) is 0 Å². The van der Waals surface area contributed by atoms with Crippen molar-refractivity contribution in [3.63, 3.8) is 0 Å². The van der Waals surface area contributed by atoms with Gasteiger partial charge in [-0.25, -0.2) is 0 Å². The van der Waals surface area contributed by atoms with Crippen molar-refractivity contribution in [1.29, 1.82) is 0 Å². The largest absolute Gasteiger partial charge is 0.564 e. The fraction of sp³-hybridized carbons (Fsp3) is 0.667. The van der Waals surface area contributed by atoms with Crippen LogP contribution in [-0.4, -0.2) is 39.5 Å². The van der Waals surface area contributed by atoms with E-state index in [2.05, 4.69) is 36.2 Å². The van der Waals surface area contributed by atoms with Crippen LogP contribution in [0.25, 0.3) is 0 Å². The standard InChI is InChI=1S/C6H12N2.Al.4ClH/c1-3-8-5-4-7(2)6-8;;;;;/h4-5H,3,6H2,1-2H3;;4*1H/q;+3;;;;/p-4. The first-order valence-corrected chi connectivity index (χ1v) is 10.8. The molecule has 0 aromatic carbocycles. The van der Waals surface area contributed by atoms with E-state index in [9.17, 15) is 0 Å². The molecule has 13 heavy (non-hydrogen) atoms. The Bertz CT molecular complexity index is 165. The van der Waals surface area contributed by atoms with Crippen LogP contribution in [0.5, 0.6) is 0 Å². The summed E-state index contributed by atoms with van der Waals surface area (Å²) in [5, 5.41) is 0. The third kappa shape index (κ3) is 11.0. The Hall–Kier alpha value is 1.03. The molecule has 0 fully saturated rings. The maximum atomic E-state index is 4.99. The van der Waals surface area contributed by atoms with Gasteiger partial charge in [0.05, 0.1) is 6.67 Å². The molecule has 0 spiro atoms. The van der Waals surface area contributed by atoms with Crippen molar-refractivity contribution in [2.24, 2.45) is 0 Å². The Balaban J connectivity index is 0.000000252. The molecule has 0 N–H and O–H groups in total. The van der Waals surface area contributed by atoms with E-state index >= 15 is 0 Å². The first-order valence-electron chi connectivity index (χ1n) is 3.83. The number of hydrogen-bond acceptors (Lipinski definition) is 2. The zero-order valence-corrected chi connectivity index (χ0v) is 11.7. The molecule has 1 aliphatic heterocycles. The molecule has 7 heteroatoms. The van der Waals surface area contributed by atoms with E-state index in [-0.39, 0.29) is 0 Å². The van der Waals surface area contributed by atoms with Gasteiger partial charge in [0.2, 0.25) is 0 Å². The lowest BCUT2D eigenvalue weighted by Crippen LogP contribution is -2.21. The van der Waals surface area contributed by atoms with Gasteiger partial charge < -0.3 is 50.0 Å². The Morgan fingerprint density at radius 2 is 1.69 bits per heavy atom. The van der Waals surface area contributed by atoms with Gasteiger partial charge in [0.15, 0.2) is 0 Å². The average Bonchev–Trinajstić information content (AvgIpc) is 2.31. The molecule has 1 heterocycles. The quantitative estimate of drug-likeness (QED) is 0.681. The van der Waals surface area contributed by atoms with Crippen LogP contribution in [-0.2, 0) is 0 Å². The Kier molecular flexibility index (Phi) is 7.02. The van der Waals surface area contributed by atoms with Gasteiger partial charge in [-0.05, 0) is 6.92 Å². The van der Waals surface area contributed by atoms with E-state index in [1.807, 2.05) is 0 Å². The fourth-order valence-electron chi connectivity index (χ4n) is 0.794. The van der Waals surface area contributed by atoms with Crippen molar-refractivity contribution < 1.29 is 0 Å². The molecule has 0 aromatic heterocycles. The molecule has 78 valence electrons. The summed E-state index contributed by atoms with van der Waals surface area (Å²) in [7, 11) is 19.1. The lowest BCUT2D eigenvalue weighted by atomic mass is 10.6. The highest BCUT2D eigenvalue weighted by Gasteiger charge is 2.14. The molecule has 0 aliphatic carbocycles. The predicted molar refractivity (Wildman–Crippen MR) is 63.3 cm³/mol. The molecular formula is C6H12AlCl4N2-. The van der Waals surface area contributed by atoms with Crippen LogP contribution >= 0.6 is 40.2 Å². The number of nitrogens with zero attached hydrogens (tertiary/aromatic N) is 2. The molecule has 2 nitrogen and oxygen atoms in total. The molecule has 0 bridgehead atoms. The van der Waals surface area contributed by atoms with E-state index in [4.69, 9.17) is 40.2 Å². The van der Waals surface area contributed by atoms with Gasteiger partial charge in [-0.3, -0.25) is 0 Å². The third-order valence-electron chi connectivity index (χ3n) is 1.34. The molecular weight excluding hydrogens is 269 g/mol. The molecule has 1 aliphatic rings. The normalized spacial score (nSPS) is 15.8. The molecule has 0 radical (unpaired) electrons. The minimum absolute atomic E-state index is 1.05. The highest BCUT2D eigenvalue weighted by atomic mass is 35.9. The molecule has 1 rings (SSSR count). The van der Waals surface area contributed by atoms with E-state index in [1.54, 1.807) is 0 Å². The smallest absolute Gasteiger partial charge is 0.391 e. The highest BCUT2D eigenvalue weighted by molar-refractivity contribution is 7.81. The first-order chi connectivity index (χ1) is 5.83. The predicted octanol–water partition coefficient (Wildman–Crippen LogP) is 3.06. The van der Waals surface area contributed by atoms with Gasteiger partial charge in [-0.1, -0.05) is 0 Å². The molecule has 0 atom stereocenters. The molecule has 0 aromatic rings. The Morgan fingerprint density at radius 3 is 1.85 bits per heavy atom. The SMILES string of the molecule is CCN1C=CN(C)C1.[Cl][Al-]([Cl])([Cl])[Cl]. The van der Waals surface area contributed by atoms with Crippen molar-refractivity contribution in [2.45, 2.75) is 6.92 Å². The van der Waals surface area contributed by atoms with E-state index in [0.29, 0.717) is 0 Å². The van der Waals surface area contributed by atoms with Crippen molar-refractivity contribution >= 4 is 49.6 Å². The average molecular weight is 281 g/mol. The second-order valence-electron chi connectivity index (χ2n) is 2.60. The van der Waals surface area contributed by atoms with Crippen LogP contribution in [0.1, 0.15) is 6.92 Å². The summed E-state index contributed by atoms with van der Waals surface area (Å²) in [5.41, 5.74) is 0. The molecule has 0 unspecified atom stereocenters. The lowest BCUT2D eigenvalue weighted by molar-refractivity contribution is 0.308.